The Bertz CT molecular complexity index is 580. The molecule has 2 rings (SSSR count). The van der Waals surface area contributed by atoms with E-state index in [0.29, 0.717) is 0 Å². The molecule has 1 nitrogen and oxygen atoms in total. The molecule has 1 aromatic carbocycles. The molecule has 0 fully saturated rings. The summed E-state index contributed by atoms with van der Waals surface area (Å²) in [6.45, 7) is 0. The quantitative estimate of drug-likeness (QED) is 0.823. The molecule has 0 bridgehead atoms. The summed E-state index contributed by atoms with van der Waals surface area (Å²) in [7, 11) is 0. The minimum absolute atomic E-state index is 0.0123. The van der Waals surface area contributed by atoms with Gasteiger partial charge in [0.25, 0.3) is 0 Å². The standard InChI is InChI=1S/C13H9BrF2OS/c14-13-4-3-11(18-13)7-10(17)5-8-1-2-9(15)6-12(8)16/h1-4,6H,5,7H2. The first-order chi connectivity index (χ1) is 8.54. The lowest BCUT2D eigenvalue weighted by molar-refractivity contribution is -0.117. The third kappa shape index (κ3) is 3.46. The molecule has 1 aromatic heterocycles. The fourth-order valence-electron chi connectivity index (χ4n) is 1.58. The van der Waals surface area contributed by atoms with Gasteiger partial charge in [-0.1, -0.05) is 6.07 Å². The second-order valence-corrected chi connectivity index (χ2v) is 6.38. The number of thiophene rings is 1. The van der Waals surface area contributed by atoms with Gasteiger partial charge < -0.3 is 0 Å². The number of benzene rings is 1. The van der Waals surface area contributed by atoms with Crippen molar-refractivity contribution in [3.63, 3.8) is 0 Å². The van der Waals surface area contributed by atoms with E-state index >= 15 is 0 Å². The summed E-state index contributed by atoms with van der Waals surface area (Å²) in [4.78, 5) is 12.7. The zero-order valence-corrected chi connectivity index (χ0v) is 11.7. The van der Waals surface area contributed by atoms with Crippen LogP contribution in [0.5, 0.6) is 0 Å². The molecular weight excluding hydrogens is 322 g/mol. The number of ketones is 1. The molecule has 0 amide bonds. The number of carbonyl (C=O) groups excluding carboxylic acids is 1. The summed E-state index contributed by atoms with van der Waals surface area (Å²) in [5, 5.41) is 0. The first kappa shape index (κ1) is 13.4. The summed E-state index contributed by atoms with van der Waals surface area (Å²) in [6.07, 6.45) is 0.259. The van der Waals surface area contributed by atoms with Crippen molar-refractivity contribution in [3.8, 4) is 0 Å². The maximum atomic E-state index is 13.4. The smallest absolute Gasteiger partial charge is 0.142 e. The number of rotatable bonds is 4. The van der Waals surface area contributed by atoms with Crippen molar-refractivity contribution in [1.29, 1.82) is 0 Å². The van der Waals surface area contributed by atoms with Gasteiger partial charge in [-0.2, -0.15) is 0 Å². The molecule has 0 unspecified atom stereocenters. The molecule has 0 radical (unpaired) electrons. The van der Waals surface area contributed by atoms with Crippen molar-refractivity contribution in [1.82, 2.24) is 0 Å². The Morgan fingerprint density at radius 1 is 1.17 bits per heavy atom. The molecule has 0 saturated carbocycles. The van der Waals surface area contributed by atoms with Crippen molar-refractivity contribution >= 4 is 33.0 Å². The van der Waals surface area contributed by atoms with E-state index in [9.17, 15) is 13.6 Å². The second-order valence-electron chi connectivity index (χ2n) is 3.83. The average molecular weight is 331 g/mol. The molecule has 94 valence electrons. The third-order valence-electron chi connectivity index (χ3n) is 2.40. The fourth-order valence-corrected chi connectivity index (χ4v) is 3.09. The predicted octanol–water partition coefficient (Wildman–Crippen LogP) is 4.14. The van der Waals surface area contributed by atoms with Crippen LogP contribution in [0.1, 0.15) is 10.4 Å². The lowest BCUT2D eigenvalue weighted by Crippen LogP contribution is -2.07. The van der Waals surface area contributed by atoms with Gasteiger partial charge >= 0.3 is 0 Å². The Labute approximate surface area is 116 Å². The molecule has 5 heteroatoms. The van der Waals surface area contributed by atoms with Crippen LogP contribution in [0.25, 0.3) is 0 Å². The monoisotopic (exact) mass is 330 g/mol. The van der Waals surface area contributed by atoms with Crippen molar-refractivity contribution in [2.24, 2.45) is 0 Å². The SMILES string of the molecule is O=C(Cc1ccc(Br)s1)Cc1ccc(F)cc1F. The maximum absolute atomic E-state index is 13.4. The van der Waals surface area contributed by atoms with Crippen LogP contribution < -0.4 is 0 Å². The fraction of sp³-hybridized carbons (Fsp3) is 0.154. The van der Waals surface area contributed by atoms with E-state index < -0.39 is 11.6 Å². The van der Waals surface area contributed by atoms with Crippen LogP contribution in [0.2, 0.25) is 0 Å². The Kier molecular flexibility index (Phi) is 4.24. The second kappa shape index (κ2) is 5.71. The summed E-state index contributed by atoms with van der Waals surface area (Å²) in [6, 6.07) is 6.99. The minimum atomic E-state index is -0.671. The number of Topliss-reactive ketones (excluding diaryl/α,β-unsaturated/α-hetero) is 1. The molecule has 2 aromatic rings. The number of halogens is 3. The molecule has 0 saturated heterocycles. The largest absolute Gasteiger partial charge is 0.299 e. The van der Waals surface area contributed by atoms with Crippen LogP contribution in [0.15, 0.2) is 34.1 Å². The third-order valence-corrected chi connectivity index (χ3v) is 4.03. The summed E-state index contributed by atoms with van der Waals surface area (Å²) in [5.74, 6) is -1.39. The van der Waals surface area contributed by atoms with Crippen molar-refractivity contribution in [2.75, 3.05) is 0 Å². The Balaban J connectivity index is 2.03. The van der Waals surface area contributed by atoms with E-state index in [1.165, 1.54) is 17.4 Å². The van der Waals surface area contributed by atoms with Crippen LogP contribution in [-0.2, 0) is 17.6 Å². The molecule has 0 aliphatic heterocycles. The zero-order valence-electron chi connectivity index (χ0n) is 9.25. The highest BCUT2D eigenvalue weighted by Gasteiger charge is 2.11. The van der Waals surface area contributed by atoms with E-state index in [2.05, 4.69) is 15.9 Å². The molecular formula is C13H9BrF2OS. The highest BCUT2D eigenvalue weighted by atomic mass is 79.9. The Morgan fingerprint density at radius 2 is 1.94 bits per heavy atom. The van der Waals surface area contributed by atoms with Crippen molar-refractivity contribution in [2.45, 2.75) is 12.8 Å². The maximum Gasteiger partial charge on any atom is 0.142 e. The van der Waals surface area contributed by atoms with Crippen LogP contribution in [0.4, 0.5) is 8.78 Å². The minimum Gasteiger partial charge on any atom is -0.299 e. The molecule has 1 heterocycles. The highest BCUT2D eigenvalue weighted by Crippen LogP contribution is 2.23. The van der Waals surface area contributed by atoms with E-state index in [0.717, 1.165) is 20.8 Å². The van der Waals surface area contributed by atoms with Gasteiger partial charge in [0.2, 0.25) is 0 Å². The topological polar surface area (TPSA) is 17.1 Å². The van der Waals surface area contributed by atoms with Gasteiger partial charge in [-0.05, 0) is 39.7 Å². The van der Waals surface area contributed by atoms with Gasteiger partial charge in [-0.25, -0.2) is 8.78 Å². The van der Waals surface area contributed by atoms with Gasteiger partial charge in [-0.15, -0.1) is 11.3 Å². The average Bonchev–Trinajstić information content (AvgIpc) is 2.68. The lowest BCUT2D eigenvalue weighted by Gasteiger charge is -2.02. The van der Waals surface area contributed by atoms with Gasteiger partial charge in [0.15, 0.2) is 0 Å². The van der Waals surface area contributed by atoms with Crippen LogP contribution >= 0.6 is 27.3 Å². The summed E-state index contributed by atoms with van der Waals surface area (Å²) >= 11 is 4.79. The first-order valence-corrected chi connectivity index (χ1v) is 6.85. The molecule has 18 heavy (non-hydrogen) atoms. The highest BCUT2D eigenvalue weighted by molar-refractivity contribution is 9.11. The van der Waals surface area contributed by atoms with Gasteiger partial charge in [-0.3, -0.25) is 4.79 Å². The van der Waals surface area contributed by atoms with Gasteiger partial charge in [0.1, 0.15) is 17.4 Å². The number of hydrogen-bond donors (Lipinski definition) is 0. The molecule has 0 aliphatic rings. The normalized spacial score (nSPS) is 10.6. The number of carbonyl (C=O) groups is 1. The van der Waals surface area contributed by atoms with Crippen molar-refractivity contribution in [3.05, 3.63) is 56.2 Å². The van der Waals surface area contributed by atoms with Gasteiger partial charge in [0.05, 0.1) is 3.79 Å². The van der Waals surface area contributed by atoms with E-state index in [1.54, 1.807) is 0 Å². The van der Waals surface area contributed by atoms with E-state index in [4.69, 9.17) is 0 Å². The zero-order chi connectivity index (χ0) is 13.1. The molecule has 0 atom stereocenters. The van der Waals surface area contributed by atoms with Crippen LogP contribution in [0.3, 0.4) is 0 Å². The van der Waals surface area contributed by atoms with Crippen molar-refractivity contribution < 1.29 is 13.6 Å². The van der Waals surface area contributed by atoms with E-state index in [-0.39, 0.29) is 24.2 Å². The van der Waals surface area contributed by atoms with Crippen LogP contribution in [0, 0.1) is 11.6 Å². The predicted molar refractivity (Wildman–Crippen MR) is 70.8 cm³/mol. The summed E-state index contributed by atoms with van der Waals surface area (Å²) in [5.41, 5.74) is 0.233. The molecule has 0 aliphatic carbocycles. The van der Waals surface area contributed by atoms with Crippen LogP contribution in [-0.4, -0.2) is 5.78 Å². The summed E-state index contributed by atoms with van der Waals surface area (Å²) < 4.78 is 27.0. The lowest BCUT2D eigenvalue weighted by atomic mass is 10.1. The van der Waals surface area contributed by atoms with E-state index in [1.807, 2.05) is 12.1 Å². The number of hydrogen-bond acceptors (Lipinski definition) is 2. The molecule has 0 N–H and O–H groups in total. The molecule has 0 spiro atoms. The first-order valence-electron chi connectivity index (χ1n) is 5.24. The Hall–Kier alpha value is -1.07. The van der Waals surface area contributed by atoms with Gasteiger partial charge in [0, 0.05) is 23.8 Å². The Morgan fingerprint density at radius 3 is 2.56 bits per heavy atom.